The van der Waals surface area contributed by atoms with Gasteiger partial charge in [0.1, 0.15) is 12.0 Å². The van der Waals surface area contributed by atoms with Crippen molar-refractivity contribution in [3.05, 3.63) is 77.1 Å². The third-order valence-electron chi connectivity index (χ3n) is 6.91. The van der Waals surface area contributed by atoms with Crippen molar-refractivity contribution < 1.29 is 14.6 Å². The van der Waals surface area contributed by atoms with Crippen LogP contribution >= 0.6 is 0 Å². The molecule has 164 valence electrons. The van der Waals surface area contributed by atoms with Gasteiger partial charge in [0.05, 0.1) is 7.11 Å². The Bertz CT molecular complexity index is 940. The fourth-order valence-electron chi connectivity index (χ4n) is 5.30. The van der Waals surface area contributed by atoms with Gasteiger partial charge in [0, 0.05) is 29.0 Å². The molecule has 1 amide bonds. The van der Waals surface area contributed by atoms with E-state index in [-0.39, 0.29) is 23.8 Å². The molecule has 1 fully saturated rings. The number of aliphatic hydroxyl groups is 1. The van der Waals surface area contributed by atoms with Gasteiger partial charge in [0.15, 0.2) is 0 Å². The fourth-order valence-corrected chi connectivity index (χ4v) is 5.30. The van der Waals surface area contributed by atoms with E-state index in [0.717, 1.165) is 60.1 Å². The van der Waals surface area contributed by atoms with Crippen molar-refractivity contribution in [2.75, 3.05) is 7.11 Å². The number of amides is 1. The maximum absolute atomic E-state index is 13.7. The van der Waals surface area contributed by atoms with Crippen molar-refractivity contribution in [3.8, 4) is 0 Å². The number of hydrogen-bond donors (Lipinski definition) is 1. The van der Waals surface area contributed by atoms with Crippen molar-refractivity contribution in [3.63, 3.8) is 0 Å². The molecule has 4 nitrogen and oxygen atoms in total. The van der Waals surface area contributed by atoms with Crippen LogP contribution in [0.15, 0.2) is 71.5 Å². The summed E-state index contributed by atoms with van der Waals surface area (Å²) in [6, 6.07) is 10.2. The number of nitrogens with zero attached hydrogens (tertiary/aromatic N) is 1. The Kier molecular flexibility index (Phi) is 6.47. The largest absolute Gasteiger partial charge is 0.496 e. The average Bonchev–Trinajstić information content (AvgIpc) is 2.81. The Balaban J connectivity index is 1.77. The highest BCUT2D eigenvalue weighted by Crippen LogP contribution is 2.50. The second-order valence-corrected chi connectivity index (χ2v) is 8.65. The van der Waals surface area contributed by atoms with Gasteiger partial charge in [0.25, 0.3) is 5.91 Å². The lowest BCUT2D eigenvalue weighted by Gasteiger charge is -2.49. The molecule has 4 heteroatoms. The lowest BCUT2D eigenvalue weighted by Crippen LogP contribution is -2.58. The molecule has 1 aromatic rings. The van der Waals surface area contributed by atoms with E-state index < -0.39 is 6.23 Å². The number of unbranched alkanes of at least 4 members (excludes halogenated alkanes) is 2. The smallest absolute Gasteiger partial charge is 0.252 e. The van der Waals surface area contributed by atoms with E-state index in [4.69, 9.17) is 4.74 Å². The second kappa shape index (κ2) is 9.27. The number of piperidine rings is 1. The summed E-state index contributed by atoms with van der Waals surface area (Å²) < 4.78 is 5.73. The predicted molar refractivity (Wildman–Crippen MR) is 124 cm³/mol. The quantitative estimate of drug-likeness (QED) is 0.587. The first-order chi connectivity index (χ1) is 15.1. The van der Waals surface area contributed by atoms with Gasteiger partial charge in [0.2, 0.25) is 0 Å². The minimum Gasteiger partial charge on any atom is -0.496 e. The van der Waals surface area contributed by atoms with E-state index in [1.807, 2.05) is 42.5 Å². The monoisotopic (exact) mass is 419 g/mol. The lowest BCUT2D eigenvalue weighted by molar-refractivity contribution is -0.153. The van der Waals surface area contributed by atoms with Gasteiger partial charge in [-0.15, -0.1) is 0 Å². The van der Waals surface area contributed by atoms with E-state index in [1.54, 1.807) is 12.0 Å². The first-order valence-electron chi connectivity index (χ1n) is 11.6. The van der Waals surface area contributed by atoms with Gasteiger partial charge in [-0.3, -0.25) is 4.79 Å². The van der Waals surface area contributed by atoms with Crippen LogP contribution < -0.4 is 0 Å². The summed E-state index contributed by atoms with van der Waals surface area (Å²) >= 11 is 0. The highest BCUT2D eigenvalue weighted by Gasteiger charge is 2.50. The summed E-state index contributed by atoms with van der Waals surface area (Å²) in [6.07, 6.45) is 12.3. The topological polar surface area (TPSA) is 49.8 Å². The fraction of sp³-hybridized carbons (Fsp3) is 0.444. The number of hydrogen-bond acceptors (Lipinski definition) is 3. The van der Waals surface area contributed by atoms with Gasteiger partial charge in [-0.1, -0.05) is 81.7 Å². The molecule has 0 bridgehead atoms. The van der Waals surface area contributed by atoms with E-state index in [9.17, 15) is 9.90 Å². The van der Waals surface area contributed by atoms with Crippen molar-refractivity contribution in [1.82, 2.24) is 4.90 Å². The van der Waals surface area contributed by atoms with Crippen molar-refractivity contribution in [2.45, 2.75) is 58.2 Å². The van der Waals surface area contributed by atoms with Crippen LogP contribution in [0.4, 0.5) is 0 Å². The SMILES string of the molecule is CCCCCC(CC)N1C(=O)C2=CC=C(c3ccccc3)C3=C(OC)C=CC(C23)C1O. The molecule has 1 saturated heterocycles. The third-order valence-corrected chi connectivity index (χ3v) is 6.91. The molecular formula is C27H33NO3. The zero-order chi connectivity index (χ0) is 22.0. The van der Waals surface area contributed by atoms with Crippen LogP contribution in [0.2, 0.25) is 0 Å². The molecule has 3 aliphatic rings. The van der Waals surface area contributed by atoms with Gasteiger partial charge < -0.3 is 14.7 Å². The highest BCUT2D eigenvalue weighted by atomic mass is 16.5. The first-order valence-corrected chi connectivity index (χ1v) is 11.6. The maximum Gasteiger partial charge on any atom is 0.252 e. The number of methoxy groups -OCH3 is 1. The molecule has 2 aliphatic carbocycles. The molecular weight excluding hydrogens is 386 g/mol. The third kappa shape index (κ3) is 3.78. The molecule has 0 spiro atoms. The van der Waals surface area contributed by atoms with Crippen LogP contribution in [0.25, 0.3) is 5.57 Å². The molecule has 4 atom stereocenters. The van der Waals surface area contributed by atoms with Gasteiger partial charge in [-0.2, -0.15) is 0 Å². The number of ether oxygens (including phenoxy) is 1. The van der Waals surface area contributed by atoms with E-state index in [1.165, 1.54) is 0 Å². The molecule has 1 N–H and O–H groups in total. The van der Waals surface area contributed by atoms with Gasteiger partial charge in [-0.05, 0) is 30.1 Å². The maximum atomic E-state index is 13.7. The standard InChI is InChI=1S/C27H33NO3/c1-4-6-8-13-19(5-2)28-26(29)21-15-14-20(18-11-9-7-10-12-18)25-23(31-3)17-16-22(24(21)25)27(28)30/h7,9-12,14-17,19,22,24,27,30H,4-6,8,13H2,1-3H3. The van der Waals surface area contributed by atoms with Crippen LogP contribution in [-0.4, -0.2) is 35.3 Å². The molecule has 4 rings (SSSR count). The number of benzene rings is 1. The molecule has 1 heterocycles. The number of aliphatic hydroxyl groups excluding tert-OH is 1. The number of carbonyl (C=O) groups excluding carboxylic acids is 1. The molecule has 0 radical (unpaired) electrons. The Hall–Kier alpha value is -2.59. The van der Waals surface area contributed by atoms with Crippen molar-refractivity contribution in [1.29, 1.82) is 0 Å². The van der Waals surface area contributed by atoms with Crippen LogP contribution in [0, 0.1) is 11.8 Å². The number of carbonyl (C=O) groups is 1. The Morgan fingerprint density at radius 2 is 1.90 bits per heavy atom. The molecule has 31 heavy (non-hydrogen) atoms. The summed E-state index contributed by atoms with van der Waals surface area (Å²) in [5.74, 6) is 0.367. The first kappa shape index (κ1) is 21.6. The highest BCUT2D eigenvalue weighted by molar-refractivity contribution is 6.00. The normalized spacial score (nSPS) is 25.7. The zero-order valence-electron chi connectivity index (χ0n) is 18.8. The van der Waals surface area contributed by atoms with Gasteiger partial charge >= 0.3 is 0 Å². The Morgan fingerprint density at radius 1 is 1.13 bits per heavy atom. The number of allylic oxidation sites excluding steroid dienone is 5. The van der Waals surface area contributed by atoms with Crippen molar-refractivity contribution >= 4 is 11.5 Å². The Labute approximate surface area is 185 Å². The summed E-state index contributed by atoms with van der Waals surface area (Å²) in [7, 11) is 1.67. The Morgan fingerprint density at radius 3 is 2.58 bits per heavy atom. The molecule has 0 aromatic heterocycles. The average molecular weight is 420 g/mol. The van der Waals surface area contributed by atoms with Crippen LogP contribution in [-0.2, 0) is 9.53 Å². The second-order valence-electron chi connectivity index (χ2n) is 8.65. The van der Waals surface area contributed by atoms with Gasteiger partial charge in [-0.25, -0.2) is 0 Å². The molecule has 4 unspecified atom stereocenters. The zero-order valence-corrected chi connectivity index (χ0v) is 18.8. The van der Waals surface area contributed by atoms with Crippen molar-refractivity contribution in [2.24, 2.45) is 11.8 Å². The summed E-state index contributed by atoms with van der Waals surface area (Å²) in [6.45, 7) is 4.29. The lowest BCUT2D eigenvalue weighted by atomic mass is 9.67. The summed E-state index contributed by atoms with van der Waals surface area (Å²) in [5.41, 5.74) is 3.92. The number of rotatable bonds is 8. The minimum atomic E-state index is -0.832. The summed E-state index contributed by atoms with van der Waals surface area (Å²) in [4.78, 5) is 15.4. The summed E-state index contributed by atoms with van der Waals surface area (Å²) in [5, 5.41) is 11.4. The van der Waals surface area contributed by atoms with Crippen LogP contribution in [0.3, 0.4) is 0 Å². The predicted octanol–water partition coefficient (Wildman–Crippen LogP) is 5.23. The molecule has 1 aromatic carbocycles. The van der Waals surface area contributed by atoms with E-state index in [2.05, 4.69) is 26.0 Å². The number of likely N-dealkylation sites (tertiary alicyclic amines) is 1. The van der Waals surface area contributed by atoms with Crippen LogP contribution in [0.1, 0.15) is 51.5 Å². The molecule has 1 aliphatic heterocycles. The molecule has 0 saturated carbocycles. The van der Waals surface area contributed by atoms with E-state index >= 15 is 0 Å². The minimum absolute atomic E-state index is 0.0382. The van der Waals surface area contributed by atoms with E-state index in [0.29, 0.717) is 0 Å². The van der Waals surface area contributed by atoms with Crippen LogP contribution in [0.5, 0.6) is 0 Å².